The number of anilines is 2. The van der Waals surface area contributed by atoms with Crippen LogP contribution in [0.1, 0.15) is 45.4 Å². The lowest BCUT2D eigenvalue weighted by atomic mass is 10.1. The normalized spacial score (nSPS) is 11.5. The Kier molecular flexibility index (Phi) is 6.81. The topological polar surface area (TPSA) is 98.2 Å². The molecule has 5 N–H and O–H groups in total. The summed E-state index contributed by atoms with van der Waals surface area (Å²) in [5.74, 6) is 0. The maximum Gasteiger partial charge on any atom is 0.240 e. The molecule has 0 unspecified atom stereocenters. The summed E-state index contributed by atoms with van der Waals surface area (Å²) in [6.45, 7) is 2.93. The van der Waals surface area contributed by atoms with Gasteiger partial charge in [-0.2, -0.15) is 0 Å². The van der Waals surface area contributed by atoms with Gasteiger partial charge in [-0.05, 0) is 24.6 Å². The predicted molar refractivity (Wildman–Crippen MR) is 84.1 cm³/mol. The molecule has 0 aliphatic rings. The van der Waals surface area contributed by atoms with E-state index < -0.39 is 10.0 Å². The highest BCUT2D eigenvalue weighted by Crippen LogP contribution is 2.22. The van der Waals surface area contributed by atoms with Gasteiger partial charge in [0.1, 0.15) is 4.90 Å². The number of nitrogen functional groups attached to an aromatic ring is 1. The lowest BCUT2D eigenvalue weighted by Gasteiger charge is -2.11. The molecule has 114 valence electrons. The van der Waals surface area contributed by atoms with E-state index in [1.165, 1.54) is 31.7 Å². The van der Waals surface area contributed by atoms with Gasteiger partial charge in [-0.1, -0.05) is 39.0 Å². The summed E-state index contributed by atoms with van der Waals surface area (Å²) in [4.78, 5) is 0.0588. The van der Waals surface area contributed by atoms with Crippen LogP contribution in [-0.2, 0) is 10.0 Å². The third-order valence-electron chi connectivity index (χ3n) is 3.16. The number of unbranched alkanes of at least 4 members (excludes halogenated alkanes) is 5. The van der Waals surface area contributed by atoms with Crippen LogP contribution < -0.4 is 16.2 Å². The van der Waals surface area contributed by atoms with E-state index in [0.29, 0.717) is 11.4 Å². The number of benzene rings is 1. The highest BCUT2D eigenvalue weighted by molar-refractivity contribution is 7.89. The molecule has 0 bridgehead atoms. The Labute approximate surface area is 121 Å². The molecule has 0 aliphatic carbocycles. The Morgan fingerprint density at radius 3 is 2.40 bits per heavy atom. The van der Waals surface area contributed by atoms with Crippen LogP contribution in [0.15, 0.2) is 23.1 Å². The lowest BCUT2D eigenvalue weighted by molar-refractivity contribution is 0.597. The third-order valence-corrected chi connectivity index (χ3v) is 4.11. The van der Waals surface area contributed by atoms with E-state index in [2.05, 4.69) is 12.2 Å². The van der Waals surface area contributed by atoms with E-state index in [1.807, 2.05) is 0 Å². The van der Waals surface area contributed by atoms with Crippen molar-refractivity contribution in [2.75, 3.05) is 17.6 Å². The second-order valence-corrected chi connectivity index (χ2v) is 6.52. The third kappa shape index (κ3) is 5.79. The van der Waals surface area contributed by atoms with Crippen molar-refractivity contribution in [1.29, 1.82) is 0 Å². The number of nitrogens with two attached hydrogens (primary N) is 2. The largest absolute Gasteiger partial charge is 0.399 e. The molecule has 0 aromatic heterocycles. The van der Waals surface area contributed by atoms with Gasteiger partial charge < -0.3 is 11.1 Å². The maximum atomic E-state index is 11.5. The number of nitrogens with one attached hydrogen (secondary N) is 1. The van der Waals surface area contributed by atoms with Gasteiger partial charge in [0.15, 0.2) is 0 Å². The standard InChI is InChI=1S/C14H25N3O2S/c1-2-3-4-5-6-7-10-17-13-9-8-12(15)11-14(13)20(16,18)19/h8-9,11,17H,2-7,10,15H2,1H3,(H2,16,18,19). The Morgan fingerprint density at radius 2 is 1.75 bits per heavy atom. The molecule has 0 atom stereocenters. The zero-order chi connectivity index (χ0) is 15.0. The van der Waals surface area contributed by atoms with Crippen LogP contribution in [0.2, 0.25) is 0 Å². The Bertz CT molecular complexity index is 515. The van der Waals surface area contributed by atoms with Crippen LogP contribution >= 0.6 is 0 Å². The fourth-order valence-electron chi connectivity index (χ4n) is 2.05. The minimum absolute atomic E-state index is 0.0588. The smallest absolute Gasteiger partial charge is 0.240 e. The fourth-order valence-corrected chi connectivity index (χ4v) is 2.80. The molecule has 1 aromatic rings. The van der Waals surface area contributed by atoms with Gasteiger partial charge in [-0.15, -0.1) is 0 Å². The second kappa shape index (κ2) is 8.11. The van der Waals surface area contributed by atoms with Gasteiger partial charge >= 0.3 is 0 Å². The minimum Gasteiger partial charge on any atom is -0.399 e. The molecular weight excluding hydrogens is 274 g/mol. The monoisotopic (exact) mass is 299 g/mol. The van der Waals surface area contributed by atoms with Gasteiger partial charge in [0.25, 0.3) is 0 Å². The first-order valence-corrected chi connectivity index (χ1v) is 8.66. The van der Waals surface area contributed by atoms with Gasteiger partial charge in [0.05, 0.1) is 5.69 Å². The lowest BCUT2D eigenvalue weighted by Crippen LogP contribution is -2.16. The van der Waals surface area contributed by atoms with E-state index >= 15 is 0 Å². The molecule has 1 rings (SSSR count). The van der Waals surface area contributed by atoms with E-state index in [0.717, 1.165) is 19.4 Å². The van der Waals surface area contributed by atoms with Crippen molar-refractivity contribution in [3.63, 3.8) is 0 Å². The average Bonchev–Trinajstić information content (AvgIpc) is 2.38. The number of sulfonamides is 1. The van der Waals surface area contributed by atoms with Crippen LogP contribution in [0, 0.1) is 0 Å². The first-order chi connectivity index (χ1) is 9.45. The maximum absolute atomic E-state index is 11.5. The van der Waals surface area contributed by atoms with Crippen molar-refractivity contribution in [2.45, 2.75) is 50.3 Å². The van der Waals surface area contributed by atoms with Crippen LogP contribution in [0.3, 0.4) is 0 Å². The number of hydrogen-bond acceptors (Lipinski definition) is 4. The van der Waals surface area contributed by atoms with Gasteiger partial charge in [0.2, 0.25) is 10.0 Å². The van der Waals surface area contributed by atoms with Gasteiger partial charge in [-0.3, -0.25) is 0 Å². The van der Waals surface area contributed by atoms with Crippen molar-refractivity contribution in [3.05, 3.63) is 18.2 Å². The summed E-state index contributed by atoms with van der Waals surface area (Å²) in [5, 5.41) is 8.31. The molecule has 20 heavy (non-hydrogen) atoms. The summed E-state index contributed by atoms with van der Waals surface area (Å²) in [6, 6.07) is 4.71. The van der Waals surface area contributed by atoms with Crippen molar-refractivity contribution in [1.82, 2.24) is 0 Å². The fraction of sp³-hybridized carbons (Fsp3) is 0.571. The average molecular weight is 299 g/mol. The molecule has 6 heteroatoms. The quantitative estimate of drug-likeness (QED) is 0.482. The summed E-state index contributed by atoms with van der Waals surface area (Å²) >= 11 is 0. The molecule has 0 amide bonds. The molecular formula is C14H25N3O2S. The van der Waals surface area contributed by atoms with Gasteiger partial charge in [0, 0.05) is 12.2 Å². The van der Waals surface area contributed by atoms with E-state index in [9.17, 15) is 8.42 Å². The molecule has 0 radical (unpaired) electrons. The minimum atomic E-state index is -3.75. The molecule has 5 nitrogen and oxygen atoms in total. The summed E-state index contributed by atoms with van der Waals surface area (Å²) in [7, 11) is -3.75. The summed E-state index contributed by atoms with van der Waals surface area (Å²) in [5.41, 5.74) is 6.51. The summed E-state index contributed by atoms with van der Waals surface area (Å²) < 4.78 is 23.0. The van der Waals surface area contributed by atoms with Crippen LogP contribution in [0.5, 0.6) is 0 Å². The van der Waals surface area contributed by atoms with Gasteiger partial charge in [-0.25, -0.2) is 13.6 Å². The molecule has 0 saturated carbocycles. The number of hydrogen-bond donors (Lipinski definition) is 3. The zero-order valence-corrected chi connectivity index (χ0v) is 12.9. The predicted octanol–water partition coefficient (Wildman–Crippen LogP) is 2.69. The number of primary sulfonamides is 1. The van der Waals surface area contributed by atoms with Crippen molar-refractivity contribution in [3.8, 4) is 0 Å². The zero-order valence-electron chi connectivity index (χ0n) is 12.1. The Hall–Kier alpha value is -1.27. The van der Waals surface area contributed by atoms with Crippen LogP contribution in [0.25, 0.3) is 0 Å². The van der Waals surface area contributed by atoms with Crippen molar-refractivity contribution in [2.24, 2.45) is 5.14 Å². The highest BCUT2D eigenvalue weighted by Gasteiger charge is 2.13. The molecule has 0 heterocycles. The molecule has 0 aliphatic heterocycles. The molecule has 0 saturated heterocycles. The Morgan fingerprint density at radius 1 is 1.10 bits per heavy atom. The Balaban J connectivity index is 2.48. The summed E-state index contributed by atoms with van der Waals surface area (Å²) in [6.07, 6.45) is 7.16. The first-order valence-electron chi connectivity index (χ1n) is 7.11. The highest BCUT2D eigenvalue weighted by atomic mass is 32.2. The van der Waals surface area contributed by atoms with E-state index in [1.54, 1.807) is 12.1 Å². The second-order valence-electron chi connectivity index (χ2n) is 5.00. The molecule has 0 spiro atoms. The molecule has 0 fully saturated rings. The van der Waals surface area contributed by atoms with Crippen LogP contribution in [-0.4, -0.2) is 15.0 Å². The van der Waals surface area contributed by atoms with Crippen molar-refractivity contribution < 1.29 is 8.42 Å². The molecule has 1 aromatic carbocycles. The SMILES string of the molecule is CCCCCCCCNc1ccc(N)cc1S(N)(=O)=O. The van der Waals surface area contributed by atoms with E-state index in [-0.39, 0.29) is 4.90 Å². The number of rotatable bonds is 9. The van der Waals surface area contributed by atoms with E-state index in [4.69, 9.17) is 10.9 Å². The first kappa shape index (κ1) is 16.8. The van der Waals surface area contributed by atoms with Crippen LogP contribution in [0.4, 0.5) is 11.4 Å². The van der Waals surface area contributed by atoms with Crippen molar-refractivity contribution >= 4 is 21.4 Å².